The van der Waals surface area contributed by atoms with Crippen LogP contribution in [0.15, 0.2) is 94.3 Å². The molecule has 4 aromatic rings. The van der Waals surface area contributed by atoms with Gasteiger partial charge in [-0.2, -0.15) is 5.26 Å². The van der Waals surface area contributed by atoms with E-state index in [0.717, 1.165) is 61.2 Å². The summed E-state index contributed by atoms with van der Waals surface area (Å²) in [4.78, 5) is 22.9. The lowest BCUT2D eigenvalue weighted by atomic mass is 9.98. The largest absolute Gasteiger partial charge is 0.436 e. The van der Waals surface area contributed by atoms with Gasteiger partial charge in [0.05, 0.1) is 12.4 Å². The normalized spacial score (nSPS) is 13.7. The Morgan fingerprint density at radius 2 is 1.45 bits per heavy atom. The third-order valence-electron chi connectivity index (χ3n) is 7.21. The minimum Gasteiger partial charge on any atom is -0.436 e. The molecule has 1 aliphatic heterocycles. The van der Waals surface area contributed by atoms with E-state index in [2.05, 4.69) is 24.8 Å². The molecule has 6 heteroatoms. The average Bonchev–Trinajstić information content (AvgIpc) is 3.50. The lowest BCUT2D eigenvalue weighted by Crippen LogP contribution is -2.42. The molecule has 3 aromatic carbocycles. The van der Waals surface area contributed by atoms with Crippen molar-refractivity contribution in [1.82, 2.24) is 4.90 Å². The summed E-state index contributed by atoms with van der Waals surface area (Å²) in [5.41, 5.74) is 4.57. The number of hydrogen-bond acceptors (Lipinski definition) is 5. The van der Waals surface area contributed by atoms with Crippen molar-refractivity contribution in [2.24, 2.45) is 4.99 Å². The van der Waals surface area contributed by atoms with Crippen LogP contribution in [0.25, 0.3) is 22.5 Å². The molecule has 1 amide bonds. The molecule has 202 valence electrons. The van der Waals surface area contributed by atoms with Gasteiger partial charge in [-0.3, -0.25) is 14.6 Å². The first kappa shape index (κ1) is 27.1. The highest BCUT2D eigenvalue weighted by atomic mass is 16.4. The SMILES string of the molecule is CCCCN(CCCC)CN1C(=O)C(=Nc2oc(-c3ccccc3)c(-c3ccccc3)c2C#N)c2ccccc21. The summed E-state index contributed by atoms with van der Waals surface area (Å²) in [6.45, 7) is 6.74. The van der Waals surface area contributed by atoms with E-state index >= 15 is 0 Å². The summed E-state index contributed by atoms with van der Waals surface area (Å²) in [5, 5.41) is 10.3. The van der Waals surface area contributed by atoms with Crippen LogP contribution >= 0.6 is 0 Å². The van der Waals surface area contributed by atoms with E-state index in [1.54, 1.807) is 0 Å². The van der Waals surface area contributed by atoms with E-state index in [0.29, 0.717) is 29.3 Å². The average molecular weight is 531 g/mol. The molecule has 0 spiro atoms. The van der Waals surface area contributed by atoms with E-state index in [9.17, 15) is 10.1 Å². The number of aliphatic imine (C=N–C) groups is 1. The summed E-state index contributed by atoms with van der Waals surface area (Å²) in [6.07, 6.45) is 4.36. The highest BCUT2D eigenvalue weighted by molar-refractivity contribution is 6.54. The van der Waals surface area contributed by atoms with Gasteiger partial charge in [-0.15, -0.1) is 0 Å². The zero-order valence-corrected chi connectivity index (χ0v) is 23.1. The van der Waals surface area contributed by atoms with Crippen LogP contribution in [0.5, 0.6) is 0 Å². The van der Waals surface area contributed by atoms with Gasteiger partial charge in [0.25, 0.3) is 5.91 Å². The molecular formula is C34H34N4O2. The molecule has 6 nitrogen and oxygen atoms in total. The molecule has 0 radical (unpaired) electrons. The Bertz CT molecular complexity index is 1530. The van der Waals surface area contributed by atoms with Gasteiger partial charge in [0.15, 0.2) is 0 Å². The van der Waals surface area contributed by atoms with Gasteiger partial charge in [0.2, 0.25) is 5.88 Å². The van der Waals surface area contributed by atoms with E-state index in [-0.39, 0.29) is 11.8 Å². The highest BCUT2D eigenvalue weighted by Crippen LogP contribution is 2.43. The molecular weight excluding hydrogens is 496 g/mol. The van der Waals surface area contributed by atoms with E-state index < -0.39 is 0 Å². The number of unbranched alkanes of at least 4 members (excludes halogenated alkanes) is 2. The van der Waals surface area contributed by atoms with Crippen molar-refractivity contribution in [3.8, 4) is 28.5 Å². The summed E-state index contributed by atoms with van der Waals surface area (Å²) >= 11 is 0. The van der Waals surface area contributed by atoms with Gasteiger partial charge in [0, 0.05) is 16.7 Å². The number of carbonyl (C=O) groups is 1. The number of hydrogen-bond donors (Lipinski definition) is 0. The molecule has 0 unspecified atom stereocenters. The quantitative estimate of drug-likeness (QED) is 0.198. The first-order valence-electron chi connectivity index (χ1n) is 14.1. The molecule has 1 aromatic heterocycles. The number of carbonyl (C=O) groups excluding carboxylic acids is 1. The van der Waals surface area contributed by atoms with Crippen LogP contribution in [0.3, 0.4) is 0 Å². The minimum atomic E-state index is -0.179. The van der Waals surface area contributed by atoms with Crippen molar-refractivity contribution in [1.29, 1.82) is 5.26 Å². The maximum absolute atomic E-state index is 13.9. The second kappa shape index (κ2) is 12.6. The number of nitrogens with zero attached hydrogens (tertiary/aromatic N) is 4. The van der Waals surface area contributed by atoms with Gasteiger partial charge >= 0.3 is 0 Å². The number of amides is 1. The van der Waals surface area contributed by atoms with Crippen molar-refractivity contribution in [2.45, 2.75) is 39.5 Å². The second-order valence-corrected chi connectivity index (χ2v) is 10.0. The number of fused-ring (bicyclic) bond motifs is 1. The molecule has 0 fully saturated rings. The molecule has 0 aliphatic carbocycles. The Morgan fingerprint density at radius 1 is 0.850 bits per heavy atom. The third-order valence-corrected chi connectivity index (χ3v) is 7.21. The van der Waals surface area contributed by atoms with E-state index in [1.807, 2.05) is 89.8 Å². The van der Waals surface area contributed by atoms with Crippen LogP contribution in [0.4, 0.5) is 11.6 Å². The van der Waals surface area contributed by atoms with Gasteiger partial charge < -0.3 is 4.42 Å². The van der Waals surface area contributed by atoms with Crippen LogP contribution in [0.1, 0.15) is 50.7 Å². The zero-order chi connectivity index (χ0) is 27.9. The fraction of sp³-hybridized carbons (Fsp3) is 0.265. The molecule has 2 heterocycles. The van der Waals surface area contributed by atoms with Crippen molar-refractivity contribution in [3.63, 3.8) is 0 Å². The maximum Gasteiger partial charge on any atom is 0.278 e. The number of anilines is 1. The molecule has 0 N–H and O–H groups in total. The van der Waals surface area contributed by atoms with Gasteiger partial charge in [-0.25, -0.2) is 4.99 Å². The molecule has 0 atom stereocenters. The Kier molecular flexibility index (Phi) is 8.53. The summed E-state index contributed by atoms with van der Waals surface area (Å²) in [5.74, 6) is 0.527. The summed E-state index contributed by atoms with van der Waals surface area (Å²) in [6, 6.07) is 29.5. The lowest BCUT2D eigenvalue weighted by molar-refractivity contribution is -0.112. The van der Waals surface area contributed by atoms with Gasteiger partial charge in [-0.1, -0.05) is 106 Å². The Morgan fingerprint density at radius 3 is 2.08 bits per heavy atom. The molecule has 0 bridgehead atoms. The minimum absolute atomic E-state index is 0.147. The summed E-state index contributed by atoms with van der Waals surface area (Å²) < 4.78 is 6.33. The number of para-hydroxylation sites is 1. The molecule has 5 rings (SSSR count). The fourth-order valence-electron chi connectivity index (χ4n) is 5.10. The van der Waals surface area contributed by atoms with Crippen molar-refractivity contribution < 1.29 is 9.21 Å². The highest BCUT2D eigenvalue weighted by Gasteiger charge is 2.35. The van der Waals surface area contributed by atoms with Crippen LogP contribution in [-0.2, 0) is 4.79 Å². The Labute approximate surface area is 236 Å². The molecule has 1 aliphatic rings. The van der Waals surface area contributed by atoms with Gasteiger partial charge in [-0.05, 0) is 37.6 Å². The third kappa shape index (κ3) is 5.47. The first-order chi connectivity index (χ1) is 19.7. The standard InChI is InChI=1S/C34H34N4O2/c1-3-5-21-37(22-6-4-2)24-38-29-20-14-13-19-27(29)31(34(38)39)36-33-28(23-35)30(25-15-9-7-10-16-25)32(40-33)26-17-11-8-12-18-26/h7-20H,3-6,21-22,24H2,1-2H3. The van der Waals surface area contributed by atoms with Crippen molar-refractivity contribution in [2.75, 3.05) is 24.7 Å². The first-order valence-corrected chi connectivity index (χ1v) is 14.1. The predicted molar refractivity (Wildman–Crippen MR) is 161 cm³/mol. The zero-order valence-electron chi connectivity index (χ0n) is 23.1. The van der Waals surface area contributed by atoms with E-state index in [1.165, 1.54) is 0 Å². The predicted octanol–water partition coefficient (Wildman–Crippen LogP) is 7.81. The molecule has 0 saturated carbocycles. The number of benzene rings is 3. The topological polar surface area (TPSA) is 72.8 Å². The van der Waals surface area contributed by atoms with Crippen LogP contribution in [-0.4, -0.2) is 36.3 Å². The monoisotopic (exact) mass is 530 g/mol. The lowest BCUT2D eigenvalue weighted by Gasteiger charge is -2.28. The number of rotatable bonds is 11. The Hall–Kier alpha value is -4.47. The van der Waals surface area contributed by atoms with Crippen LogP contribution in [0.2, 0.25) is 0 Å². The van der Waals surface area contributed by atoms with Gasteiger partial charge in [0.1, 0.15) is 23.1 Å². The maximum atomic E-state index is 13.9. The van der Waals surface area contributed by atoms with E-state index in [4.69, 9.17) is 9.41 Å². The Balaban J connectivity index is 1.60. The molecule has 40 heavy (non-hydrogen) atoms. The number of nitriles is 1. The smallest absolute Gasteiger partial charge is 0.278 e. The van der Waals surface area contributed by atoms with Crippen molar-refractivity contribution in [3.05, 3.63) is 96.1 Å². The fourth-order valence-corrected chi connectivity index (χ4v) is 5.10. The van der Waals surface area contributed by atoms with Crippen LogP contribution in [0, 0.1) is 11.3 Å². The van der Waals surface area contributed by atoms with Crippen molar-refractivity contribution >= 4 is 23.2 Å². The second-order valence-electron chi connectivity index (χ2n) is 10.0. The summed E-state index contributed by atoms with van der Waals surface area (Å²) in [7, 11) is 0. The van der Waals surface area contributed by atoms with Crippen LogP contribution < -0.4 is 4.90 Å². The molecule has 0 saturated heterocycles. The number of furan rings is 1.